The van der Waals surface area contributed by atoms with Crippen molar-refractivity contribution in [2.24, 2.45) is 5.92 Å². The van der Waals surface area contributed by atoms with Gasteiger partial charge in [0.15, 0.2) is 0 Å². The quantitative estimate of drug-likeness (QED) is 0.669. The van der Waals surface area contributed by atoms with Crippen LogP contribution in [0.15, 0.2) is 42.5 Å². The molecule has 160 valence electrons. The molecule has 0 saturated carbocycles. The fraction of sp³-hybridized carbons (Fsp3) is 0.333. The molecule has 2 atom stereocenters. The van der Waals surface area contributed by atoms with Gasteiger partial charge in [0.2, 0.25) is 0 Å². The number of hydrogen-bond donors (Lipinski definition) is 1. The summed E-state index contributed by atoms with van der Waals surface area (Å²) in [7, 11) is 1.29. The Morgan fingerprint density at radius 3 is 2.67 bits per heavy atom. The summed E-state index contributed by atoms with van der Waals surface area (Å²) < 4.78 is 16.7. The number of carbonyl (C=O) groups excluding carboxylic acids is 1. The zero-order valence-electron chi connectivity index (χ0n) is 16.2. The van der Waals surface area contributed by atoms with Crippen molar-refractivity contribution in [2.45, 2.75) is 6.10 Å². The normalized spacial score (nSPS) is 19.1. The van der Waals surface area contributed by atoms with Crippen LogP contribution in [0.1, 0.15) is 22.0 Å². The molecule has 2 aromatic carbocycles. The van der Waals surface area contributed by atoms with Gasteiger partial charge < -0.3 is 24.2 Å². The average Bonchev–Trinajstić information content (AvgIpc) is 2.96. The molecule has 0 aliphatic carbocycles. The molecule has 1 N–H and O–H groups in total. The largest absolute Gasteiger partial charge is 0.492 e. The van der Waals surface area contributed by atoms with Gasteiger partial charge in [-0.05, 0) is 29.8 Å². The van der Waals surface area contributed by atoms with Crippen molar-refractivity contribution in [1.82, 2.24) is 4.90 Å². The van der Waals surface area contributed by atoms with Gasteiger partial charge in [0.05, 0.1) is 36.5 Å². The molecule has 0 bridgehead atoms. The summed E-state index contributed by atoms with van der Waals surface area (Å²) in [5, 5.41) is 10.3. The van der Waals surface area contributed by atoms with Crippen molar-refractivity contribution in [1.29, 1.82) is 0 Å². The molecule has 1 saturated heterocycles. The Kier molecular flexibility index (Phi) is 7.42. The van der Waals surface area contributed by atoms with Crippen LogP contribution in [0.25, 0.3) is 0 Å². The molecule has 0 radical (unpaired) electrons. The van der Waals surface area contributed by atoms with E-state index in [0.717, 1.165) is 5.56 Å². The zero-order chi connectivity index (χ0) is 21.7. The van der Waals surface area contributed by atoms with E-state index in [-0.39, 0.29) is 37.8 Å². The van der Waals surface area contributed by atoms with Gasteiger partial charge in [-0.1, -0.05) is 41.4 Å². The van der Waals surface area contributed by atoms with Gasteiger partial charge in [0.1, 0.15) is 11.3 Å². The molecule has 1 fully saturated rings. The van der Waals surface area contributed by atoms with Crippen molar-refractivity contribution >= 4 is 35.3 Å². The Hall–Kier alpha value is -2.48. The molecule has 30 heavy (non-hydrogen) atoms. The van der Waals surface area contributed by atoms with Gasteiger partial charge >= 0.3 is 12.1 Å². The molecule has 1 aliphatic rings. The first-order valence-electron chi connectivity index (χ1n) is 9.25. The highest BCUT2D eigenvalue weighted by Gasteiger charge is 2.32. The summed E-state index contributed by atoms with van der Waals surface area (Å²) in [6, 6.07) is 11.9. The smallest absolute Gasteiger partial charge is 0.407 e. The molecule has 9 heteroatoms. The van der Waals surface area contributed by atoms with Crippen LogP contribution in [0.3, 0.4) is 0 Å². The molecule has 2 aromatic rings. The van der Waals surface area contributed by atoms with E-state index in [2.05, 4.69) is 0 Å². The van der Waals surface area contributed by atoms with Crippen LogP contribution in [0, 0.1) is 5.92 Å². The van der Waals surface area contributed by atoms with E-state index in [0.29, 0.717) is 15.8 Å². The second kappa shape index (κ2) is 10.0. The van der Waals surface area contributed by atoms with E-state index in [9.17, 15) is 14.7 Å². The van der Waals surface area contributed by atoms with Crippen molar-refractivity contribution in [2.75, 3.05) is 33.4 Å². The van der Waals surface area contributed by atoms with Crippen LogP contribution in [0.2, 0.25) is 10.0 Å². The van der Waals surface area contributed by atoms with E-state index in [1.165, 1.54) is 12.0 Å². The highest BCUT2D eigenvalue weighted by Crippen LogP contribution is 2.34. The molecule has 0 aromatic heterocycles. The topological polar surface area (TPSA) is 85.3 Å². The Morgan fingerprint density at radius 1 is 1.20 bits per heavy atom. The van der Waals surface area contributed by atoms with E-state index in [1.807, 2.05) is 0 Å². The SMILES string of the molecule is COC(=O)c1ccccc1OC[C@H]1CN(C(=O)O)CCO[C@H]1c1ccc(Cl)c(Cl)c1. The first-order valence-corrected chi connectivity index (χ1v) is 10.0. The molecular weight excluding hydrogens is 433 g/mol. The molecule has 1 aliphatic heterocycles. The maximum absolute atomic E-state index is 12.0. The van der Waals surface area contributed by atoms with Crippen LogP contribution in [-0.2, 0) is 9.47 Å². The minimum absolute atomic E-state index is 0.114. The summed E-state index contributed by atoms with van der Waals surface area (Å²) >= 11 is 12.2. The number of ether oxygens (including phenoxy) is 3. The first kappa shape index (κ1) is 22.2. The Balaban J connectivity index is 1.87. The molecule has 7 nitrogen and oxygen atoms in total. The Bertz CT molecular complexity index is 922. The van der Waals surface area contributed by atoms with Gasteiger partial charge in [-0.2, -0.15) is 0 Å². The van der Waals surface area contributed by atoms with E-state index in [4.69, 9.17) is 37.4 Å². The Labute approximate surface area is 184 Å². The standard InChI is InChI=1S/C21H21Cl2NO6/c1-28-20(25)15-4-2-3-5-18(15)30-12-14-11-24(21(26)27)8-9-29-19(14)13-6-7-16(22)17(23)10-13/h2-7,10,14,19H,8-9,11-12H2,1H3,(H,26,27)/t14-,19+/m1/s1. The van der Waals surface area contributed by atoms with Gasteiger partial charge in [-0.15, -0.1) is 0 Å². The first-order chi connectivity index (χ1) is 14.4. The highest BCUT2D eigenvalue weighted by atomic mass is 35.5. The summed E-state index contributed by atoms with van der Waals surface area (Å²) in [6.45, 7) is 0.776. The summed E-state index contributed by atoms with van der Waals surface area (Å²) in [5.41, 5.74) is 1.06. The number of methoxy groups -OCH3 is 1. The van der Waals surface area contributed by atoms with E-state index < -0.39 is 18.2 Å². The molecule has 3 rings (SSSR count). The van der Waals surface area contributed by atoms with Crippen molar-refractivity contribution in [3.8, 4) is 5.75 Å². The third-order valence-electron chi connectivity index (χ3n) is 4.83. The second-order valence-electron chi connectivity index (χ2n) is 6.75. The molecule has 0 spiro atoms. The maximum Gasteiger partial charge on any atom is 0.407 e. The van der Waals surface area contributed by atoms with Crippen LogP contribution in [0.5, 0.6) is 5.75 Å². The van der Waals surface area contributed by atoms with Gasteiger partial charge in [-0.25, -0.2) is 9.59 Å². The number of nitrogens with zero attached hydrogens (tertiary/aromatic N) is 1. The Morgan fingerprint density at radius 2 is 1.97 bits per heavy atom. The lowest BCUT2D eigenvalue weighted by Gasteiger charge is -2.27. The van der Waals surface area contributed by atoms with Crippen LogP contribution in [-0.4, -0.2) is 55.5 Å². The molecule has 1 amide bonds. The number of para-hydroxylation sites is 1. The van der Waals surface area contributed by atoms with Crippen molar-refractivity contribution in [3.63, 3.8) is 0 Å². The summed E-state index contributed by atoms with van der Waals surface area (Å²) in [4.78, 5) is 24.9. The van der Waals surface area contributed by atoms with Gasteiger partial charge in [0, 0.05) is 19.0 Å². The average molecular weight is 454 g/mol. The number of amides is 1. The van der Waals surface area contributed by atoms with Crippen LogP contribution < -0.4 is 4.74 Å². The third-order valence-corrected chi connectivity index (χ3v) is 5.57. The lowest BCUT2D eigenvalue weighted by atomic mass is 9.95. The molecule has 1 heterocycles. The number of hydrogen-bond acceptors (Lipinski definition) is 5. The molecular formula is C21H21Cl2NO6. The lowest BCUT2D eigenvalue weighted by Crippen LogP contribution is -2.37. The lowest BCUT2D eigenvalue weighted by molar-refractivity contribution is 0.0150. The van der Waals surface area contributed by atoms with Crippen LogP contribution in [0.4, 0.5) is 4.79 Å². The number of esters is 1. The van der Waals surface area contributed by atoms with Gasteiger partial charge in [-0.3, -0.25) is 0 Å². The van der Waals surface area contributed by atoms with E-state index in [1.54, 1.807) is 42.5 Å². The van der Waals surface area contributed by atoms with Crippen LogP contribution >= 0.6 is 23.2 Å². The molecule has 0 unspecified atom stereocenters. The predicted octanol–water partition coefficient (Wildman–Crippen LogP) is 4.53. The number of halogens is 2. The minimum atomic E-state index is -1.03. The third kappa shape index (κ3) is 5.16. The van der Waals surface area contributed by atoms with Crippen molar-refractivity contribution < 1.29 is 28.9 Å². The second-order valence-corrected chi connectivity index (χ2v) is 7.57. The number of carboxylic acid groups (broad SMARTS) is 1. The fourth-order valence-corrected chi connectivity index (χ4v) is 3.64. The fourth-order valence-electron chi connectivity index (χ4n) is 3.34. The zero-order valence-corrected chi connectivity index (χ0v) is 17.7. The predicted molar refractivity (Wildman–Crippen MR) is 112 cm³/mol. The summed E-state index contributed by atoms with van der Waals surface area (Å²) in [6.07, 6.45) is -1.50. The minimum Gasteiger partial charge on any atom is -0.492 e. The van der Waals surface area contributed by atoms with E-state index >= 15 is 0 Å². The number of benzene rings is 2. The number of carbonyl (C=O) groups is 2. The summed E-state index contributed by atoms with van der Waals surface area (Å²) in [5.74, 6) is -0.522. The highest BCUT2D eigenvalue weighted by molar-refractivity contribution is 6.42. The maximum atomic E-state index is 12.0. The van der Waals surface area contributed by atoms with Gasteiger partial charge in [0.25, 0.3) is 0 Å². The number of rotatable bonds is 5. The van der Waals surface area contributed by atoms with Crippen molar-refractivity contribution in [3.05, 3.63) is 63.6 Å². The monoisotopic (exact) mass is 453 g/mol.